The van der Waals surface area contributed by atoms with E-state index in [0.29, 0.717) is 43.3 Å². The molecule has 6 nitrogen and oxygen atoms in total. The van der Waals surface area contributed by atoms with Gasteiger partial charge in [0.15, 0.2) is 0 Å². The number of nitrogens with one attached hydrogen (secondary N) is 2. The second-order valence-corrected chi connectivity index (χ2v) is 8.40. The van der Waals surface area contributed by atoms with Crippen LogP contribution >= 0.6 is 0 Å². The van der Waals surface area contributed by atoms with Gasteiger partial charge in [0, 0.05) is 31.0 Å². The Morgan fingerprint density at radius 3 is 2.32 bits per heavy atom. The van der Waals surface area contributed by atoms with Gasteiger partial charge in [-0.3, -0.25) is 9.52 Å². The molecule has 0 fully saturated rings. The van der Waals surface area contributed by atoms with Gasteiger partial charge >= 0.3 is 0 Å². The van der Waals surface area contributed by atoms with Crippen LogP contribution in [-0.2, 0) is 14.8 Å². The molecule has 2 rings (SSSR count). The summed E-state index contributed by atoms with van der Waals surface area (Å²) in [6, 6.07) is 10.6. The Kier molecular flexibility index (Phi) is 7.95. The first kappa shape index (κ1) is 21.8. The van der Waals surface area contributed by atoms with Gasteiger partial charge in [-0.2, -0.15) is 0 Å². The Balaban J connectivity index is 1.85. The van der Waals surface area contributed by atoms with Gasteiger partial charge in [0.2, 0.25) is 0 Å². The molecule has 0 aliphatic rings. The minimum Gasteiger partial charge on any atom is -0.381 e. The van der Waals surface area contributed by atoms with E-state index in [1.165, 1.54) is 36.4 Å². The number of halogens is 1. The van der Waals surface area contributed by atoms with Crippen molar-refractivity contribution in [1.82, 2.24) is 5.32 Å². The number of hydrogen-bond donors (Lipinski definition) is 2. The van der Waals surface area contributed by atoms with E-state index in [0.717, 1.165) is 12.1 Å². The first-order valence-corrected chi connectivity index (χ1v) is 10.5. The van der Waals surface area contributed by atoms with Crippen molar-refractivity contribution in [3.63, 3.8) is 0 Å². The van der Waals surface area contributed by atoms with E-state index >= 15 is 0 Å². The zero-order valence-corrected chi connectivity index (χ0v) is 16.8. The Bertz CT molecular complexity index is 866. The van der Waals surface area contributed by atoms with Gasteiger partial charge in [-0.25, -0.2) is 12.8 Å². The molecule has 0 saturated carbocycles. The predicted octanol–water partition coefficient (Wildman–Crippen LogP) is 3.42. The fraction of sp³-hybridized carbons (Fsp3) is 0.350. The molecule has 0 spiro atoms. The van der Waals surface area contributed by atoms with Gasteiger partial charge in [-0.15, -0.1) is 0 Å². The standard InChI is InChI=1S/C20H25FN2O4S/c1-15(2)14-27-13-3-12-22-20(24)16-4-8-18(9-5-16)23-28(25,26)19-10-6-17(21)7-11-19/h4-11,15,23H,3,12-14H2,1-2H3,(H,22,24). The SMILES string of the molecule is CC(C)COCCCNC(=O)c1ccc(NS(=O)(=O)c2ccc(F)cc2)cc1. The third-order valence-corrected chi connectivity index (χ3v) is 5.12. The summed E-state index contributed by atoms with van der Waals surface area (Å²) in [5.41, 5.74) is 0.732. The summed E-state index contributed by atoms with van der Waals surface area (Å²) in [5, 5.41) is 2.79. The quantitative estimate of drug-likeness (QED) is 0.590. The number of benzene rings is 2. The minimum atomic E-state index is -3.82. The number of sulfonamides is 1. The summed E-state index contributed by atoms with van der Waals surface area (Å²) < 4.78 is 45.3. The molecule has 0 aliphatic carbocycles. The molecule has 0 radical (unpaired) electrons. The van der Waals surface area contributed by atoms with Gasteiger partial charge in [-0.05, 0) is 60.9 Å². The second-order valence-electron chi connectivity index (χ2n) is 6.71. The summed E-state index contributed by atoms with van der Waals surface area (Å²) in [4.78, 5) is 12.1. The summed E-state index contributed by atoms with van der Waals surface area (Å²) >= 11 is 0. The van der Waals surface area contributed by atoms with E-state index in [-0.39, 0.29) is 10.8 Å². The van der Waals surface area contributed by atoms with Crippen LogP contribution in [0.25, 0.3) is 0 Å². The molecule has 2 N–H and O–H groups in total. The number of rotatable bonds is 10. The van der Waals surface area contributed by atoms with Crippen molar-refractivity contribution in [2.75, 3.05) is 24.5 Å². The maximum Gasteiger partial charge on any atom is 0.261 e. The average molecular weight is 408 g/mol. The van der Waals surface area contributed by atoms with E-state index in [1.54, 1.807) is 0 Å². The molecular formula is C20H25FN2O4S. The third-order valence-electron chi connectivity index (χ3n) is 3.73. The highest BCUT2D eigenvalue weighted by atomic mass is 32.2. The summed E-state index contributed by atoms with van der Waals surface area (Å²) in [6.45, 7) is 5.93. The molecule has 0 saturated heterocycles. The average Bonchev–Trinajstić information content (AvgIpc) is 2.65. The van der Waals surface area contributed by atoms with Crippen molar-refractivity contribution >= 4 is 21.6 Å². The molecule has 0 heterocycles. The van der Waals surface area contributed by atoms with Gasteiger partial charge in [0.05, 0.1) is 4.90 Å². The molecule has 0 atom stereocenters. The smallest absolute Gasteiger partial charge is 0.261 e. The molecule has 1 amide bonds. The molecule has 0 unspecified atom stereocenters. The van der Waals surface area contributed by atoms with Gasteiger partial charge in [-0.1, -0.05) is 13.8 Å². The molecular weight excluding hydrogens is 383 g/mol. The number of carbonyl (C=O) groups is 1. The molecule has 2 aromatic rings. The first-order chi connectivity index (χ1) is 13.3. The molecule has 152 valence electrons. The van der Waals surface area contributed by atoms with Gasteiger partial charge in [0.25, 0.3) is 15.9 Å². The topological polar surface area (TPSA) is 84.5 Å². The lowest BCUT2D eigenvalue weighted by Crippen LogP contribution is -2.25. The zero-order chi connectivity index (χ0) is 20.6. The van der Waals surface area contributed by atoms with Gasteiger partial charge in [0.1, 0.15) is 5.82 Å². The molecule has 2 aromatic carbocycles. The number of carbonyl (C=O) groups excluding carboxylic acids is 1. The lowest BCUT2D eigenvalue weighted by molar-refractivity contribution is 0.0925. The summed E-state index contributed by atoms with van der Waals surface area (Å²) in [7, 11) is -3.82. The van der Waals surface area contributed by atoms with Crippen molar-refractivity contribution in [3.8, 4) is 0 Å². The van der Waals surface area contributed by atoms with Crippen molar-refractivity contribution in [3.05, 3.63) is 59.9 Å². The highest BCUT2D eigenvalue weighted by Crippen LogP contribution is 2.17. The van der Waals surface area contributed by atoms with Gasteiger partial charge < -0.3 is 10.1 Å². The van der Waals surface area contributed by atoms with Crippen molar-refractivity contribution in [2.45, 2.75) is 25.2 Å². The van der Waals surface area contributed by atoms with Crippen LogP contribution in [0.1, 0.15) is 30.6 Å². The lowest BCUT2D eigenvalue weighted by atomic mass is 10.2. The molecule has 28 heavy (non-hydrogen) atoms. The maximum atomic E-state index is 12.9. The molecule has 0 aromatic heterocycles. The lowest BCUT2D eigenvalue weighted by Gasteiger charge is -2.10. The Morgan fingerprint density at radius 2 is 1.71 bits per heavy atom. The number of amides is 1. The fourth-order valence-electron chi connectivity index (χ4n) is 2.31. The molecule has 8 heteroatoms. The van der Waals surface area contributed by atoms with E-state index in [1.807, 2.05) is 0 Å². The molecule has 0 aliphatic heterocycles. The van der Waals surface area contributed by atoms with Crippen LogP contribution in [0.3, 0.4) is 0 Å². The Hall–Kier alpha value is -2.45. The number of anilines is 1. The summed E-state index contributed by atoms with van der Waals surface area (Å²) in [6.07, 6.45) is 0.716. The largest absolute Gasteiger partial charge is 0.381 e. The maximum absolute atomic E-state index is 12.9. The minimum absolute atomic E-state index is 0.0459. The van der Waals surface area contributed by atoms with Crippen LogP contribution < -0.4 is 10.0 Å². The van der Waals surface area contributed by atoms with Crippen LogP contribution in [0.15, 0.2) is 53.4 Å². The van der Waals surface area contributed by atoms with E-state index < -0.39 is 15.8 Å². The van der Waals surface area contributed by atoms with Crippen LogP contribution in [0.4, 0.5) is 10.1 Å². The van der Waals surface area contributed by atoms with Crippen LogP contribution in [0.2, 0.25) is 0 Å². The Labute approximate surface area is 165 Å². The fourth-order valence-corrected chi connectivity index (χ4v) is 3.37. The van der Waals surface area contributed by atoms with E-state index in [9.17, 15) is 17.6 Å². The van der Waals surface area contributed by atoms with Crippen LogP contribution in [-0.4, -0.2) is 34.1 Å². The zero-order valence-electron chi connectivity index (χ0n) is 15.9. The number of ether oxygens (including phenoxy) is 1. The summed E-state index contributed by atoms with van der Waals surface area (Å²) in [5.74, 6) is -0.272. The molecule has 0 bridgehead atoms. The van der Waals surface area contributed by atoms with Crippen LogP contribution in [0.5, 0.6) is 0 Å². The monoisotopic (exact) mass is 408 g/mol. The third kappa shape index (κ3) is 6.94. The normalized spacial score (nSPS) is 11.4. The van der Waals surface area contributed by atoms with Crippen molar-refractivity contribution in [2.24, 2.45) is 5.92 Å². The van der Waals surface area contributed by atoms with Crippen LogP contribution in [0, 0.1) is 11.7 Å². The van der Waals surface area contributed by atoms with Crippen molar-refractivity contribution in [1.29, 1.82) is 0 Å². The Morgan fingerprint density at radius 1 is 1.07 bits per heavy atom. The van der Waals surface area contributed by atoms with E-state index in [2.05, 4.69) is 23.9 Å². The first-order valence-electron chi connectivity index (χ1n) is 9.02. The predicted molar refractivity (Wildman–Crippen MR) is 106 cm³/mol. The number of hydrogen-bond acceptors (Lipinski definition) is 4. The highest BCUT2D eigenvalue weighted by molar-refractivity contribution is 7.92. The van der Waals surface area contributed by atoms with Crippen molar-refractivity contribution < 1.29 is 22.3 Å². The second kappa shape index (κ2) is 10.2. The van der Waals surface area contributed by atoms with E-state index in [4.69, 9.17) is 4.74 Å². The highest BCUT2D eigenvalue weighted by Gasteiger charge is 2.14.